The van der Waals surface area contributed by atoms with Gasteiger partial charge in [0.05, 0.1) is 42.8 Å². The lowest BCUT2D eigenvalue weighted by atomic mass is 10.0. The summed E-state index contributed by atoms with van der Waals surface area (Å²) in [6.45, 7) is 7.41. The highest BCUT2D eigenvalue weighted by Crippen LogP contribution is 2.48. The van der Waals surface area contributed by atoms with Gasteiger partial charge in [0.25, 0.3) is 0 Å². The highest BCUT2D eigenvalue weighted by molar-refractivity contribution is 7.24. The molecule has 0 spiro atoms. The lowest BCUT2D eigenvalue weighted by Crippen LogP contribution is -2.25. The first-order valence-electron chi connectivity index (χ1n) is 16.8. The summed E-state index contributed by atoms with van der Waals surface area (Å²) in [6.07, 6.45) is 3.99. The smallest absolute Gasteiger partial charge is 0.145 e. The van der Waals surface area contributed by atoms with E-state index in [1.165, 1.54) is 97.8 Å². The molecule has 6 heteroatoms. The van der Waals surface area contributed by atoms with Gasteiger partial charge >= 0.3 is 0 Å². The maximum absolute atomic E-state index is 4.86. The van der Waals surface area contributed by atoms with E-state index in [2.05, 4.69) is 155 Å². The summed E-state index contributed by atoms with van der Waals surface area (Å²) in [4.78, 5) is 9.82. The van der Waals surface area contributed by atoms with Crippen LogP contribution in [-0.4, -0.2) is 20.5 Å². The molecule has 49 heavy (non-hydrogen) atoms. The van der Waals surface area contributed by atoms with Crippen molar-refractivity contribution in [3.8, 4) is 0 Å². The monoisotopic (exact) mass is 649 g/mol. The second-order valence-electron chi connectivity index (χ2n) is 13.5. The number of hydrogen-bond acceptors (Lipinski definition) is 4. The van der Waals surface area contributed by atoms with E-state index >= 15 is 0 Å². The molecule has 0 aliphatic carbocycles. The van der Waals surface area contributed by atoms with Crippen LogP contribution in [0.15, 0.2) is 122 Å². The molecule has 5 nitrogen and oxygen atoms in total. The number of para-hydroxylation sites is 4. The second-order valence-corrected chi connectivity index (χ2v) is 14.6. The molecule has 234 valence electrons. The number of imidazole rings is 1. The lowest BCUT2D eigenvalue weighted by Gasteiger charge is -2.25. The van der Waals surface area contributed by atoms with Crippen LogP contribution < -0.4 is 9.80 Å². The van der Waals surface area contributed by atoms with Crippen LogP contribution in [0.5, 0.6) is 0 Å². The number of benzene rings is 6. The third kappa shape index (κ3) is 3.61. The van der Waals surface area contributed by atoms with Gasteiger partial charge in [0.15, 0.2) is 0 Å². The number of pyridine rings is 1. The van der Waals surface area contributed by atoms with Crippen molar-refractivity contribution >= 4 is 98.1 Å². The second kappa shape index (κ2) is 9.62. The zero-order valence-corrected chi connectivity index (χ0v) is 28.2. The summed E-state index contributed by atoms with van der Waals surface area (Å²) < 4.78 is 7.29. The van der Waals surface area contributed by atoms with Crippen LogP contribution in [0.25, 0.3) is 64.0 Å². The van der Waals surface area contributed by atoms with Crippen molar-refractivity contribution in [2.24, 2.45) is 0 Å². The van der Waals surface area contributed by atoms with Crippen molar-refractivity contribution in [3.63, 3.8) is 0 Å². The molecule has 11 rings (SSSR count). The van der Waals surface area contributed by atoms with E-state index in [0.29, 0.717) is 0 Å². The normalized spacial score (nSPS) is 13.4. The molecule has 0 radical (unpaired) electrons. The predicted molar refractivity (Wildman–Crippen MR) is 208 cm³/mol. The quantitative estimate of drug-likeness (QED) is 0.138. The Morgan fingerprint density at radius 2 is 1.35 bits per heavy atom. The van der Waals surface area contributed by atoms with Crippen LogP contribution in [0.1, 0.15) is 16.7 Å². The molecular weight excluding hydrogens is 619 g/mol. The van der Waals surface area contributed by atoms with Crippen LogP contribution in [-0.2, 0) is 0 Å². The van der Waals surface area contributed by atoms with Crippen molar-refractivity contribution in [2.75, 3.05) is 16.5 Å². The minimum atomic E-state index is 0.753. The minimum absolute atomic E-state index is 0.753. The highest BCUT2D eigenvalue weighted by Gasteiger charge is 2.30. The molecule has 0 saturated carbocycles. The lowest BCUT2D eigenvalue weighted by molar-refractivity contribution is 0.979. The number of nitrogens with zero attached hydrogens (tertiary/aromatic N) is 5. The van der Waals surface area contributed by atoms with Crippen molar-refractivity contribution < 1.29 is 0 Å². The Morgan fingerprint density at radius 3 is 2.20 bits per heavy atom. The fourth-order valence-electron chi connectivity index (χ4n) is 8.71. The molecule has 10 aromatic rings. The van der Waals surface area contributed by atoms with Gasteiger partial charge in [0, 0.05) is 45.3 Å². The van der Waals surface area contributed by atoms with Gasteiger partial charge in [-0.05, 0) is 85.8 Å². The first-order chi connectivity index (χ1) is 24.0. The Balaban J connectivity index is 1.19. The van der Waals surface area contributed by atoms with Gasteiger partial charge in [-0.15, -0.1) is 11.3 Å². The van der Waals surface area contributed by atoms with Crippen molar-refractivity contribution in [3.05, 3.63) is 138 Å². The average molecular weight is 650 g/mol. The molecule has 0 atom stereocenters. The zero-order chi connectivity index (χ0) is 32.5. The molecule has 0 amide bonds. The summed E-state index contributed by atoms with van der Waals surface area (Å²) in [6, 6.07) is 40.7. The Morgan fingerprint density at radius 1 is 0.592 bits per heavy atom. The summed E-state index contributed by atoms with van der Waals surface area (Å²) >= 11 is 1.88. The third-order valence-electron chi connectivity index (χ3n) is 10.6. The first kappa shape index (κ1) is 27.1. The van der Waals surface area contributed by atoms with E-state index in [4.69, 9.17) is 4.98 Å². The number of fused-ring (bicyclic) bond motifs is 12. The summed E-state index contributed by atoms with van der Waals surface area (Å²) in [5.41, 5.74) is 14.7. The van der Waals surface area contributed by atoms with E-state index < -0.39 is 0 Å². The molecule has 0 unspecified atom stereocenters. The van der Waals surface area contributed by atoms with Gasteiger partial charge in [0.1, 0.15) is 12.3 Å². The Hall–Kier alpha value is -5.85. The van der Waals surface area contributed by atoms with Gasteiger partial charge < -0.3 is 14.2 Å². The number of aromatic nitrogens is 3. The van der Waals surface area contributed by atoms with Crippen LogP contribution >= 0.6 is 11.3 Å². The molecule has 5 heterocycles. The van der Waals surface area contributed by atoms with Crippen LogP contribution in [0, 0.1) is 20.8 Å². The number of rotatable bonds is 2. The molecule has 0 saturated heterocycles. The van der Waals surface area contributed by atoms with E-state index in [9.17, 15) is 0 Å². The largest absolute Gasteiger partial charge is 0.321 e. The Labute approximate surface area is 286 Å². The maximum Gasteiger partial charge on any atom is 0.145 e. The first-order valence-corrected chi connectivity index (χ1v) is 17.6. The van der Waals surface area contributed by atoms with E-state index in [1.807, 2.05) is 17.5 Å². The third-order valence-corrected chi connectivity index (χ3v) is 11.7. The minimum Gasteiger partial charge on any atom is -0.321 e. The SMILES string of the molecule is Cc1cc(C)c(N2CN(c3ccc4c5cccc6sc7cc8c9ccccc9n9ccnc9c8cc7n(c4c3)c65)c3ccccc32)c(C)c1. The standard InChI is InChI=1S/C43H31N5S/c1-25-19-26(2)41(27(3)20-25)47-24-46(35-12-6-7-13-36(35)47)28-15-16-30-31-10-8-14-39-42(31)48(37(30)21-28)38-22-33-32(23-40(38)49-39)29-9-4-5-11-34(29)45-18-17-44-43(33)45/h4-23H,24H2,1-3H3. The van der Waals surface area contributed by atoms with Gasteiger partial charge in [-0.1, -0.05) is 66.2 Å². The fourth-order valence-corrected chi connectivity index (χ4v) is 9.82. The van der Waals surface area contributed by atoms with E-state index in [1.54, 1.807) is 0 Å². The summed E-state index contributed by atoms with van der Waals surface area (Å²) in [5.74, 6) is 0. The Kier molecular flexibility index (Phi) is 5.33. The molecule has 1 aliphatic rings. The van der Waals surface area contributed by atoms with Crippen molar-refractivity contribution in [1.29, 1.82) is 0 Å². The predicted octanol–water partition coefficient (Wildman–Crippen LogP) is 11.6. The van der Waals surface area contributed by atoms with Gasteiger partial charge in [-0.25, -0.2) is 4.98 Å². The van der Waals surface area contributed by atoms with Crippen molar-refractivity contribution in [2.45, 2.75) is 20.8 Å². The van der Waals surface area contributed by atoms with Crippen molar-refractivity contribution in [1.82, 2.24) is 13.8 Å². The van der Waals surface area contributed by atoms with Crippen LogP contribution in [0.4, 0.5) is 22.7 Å². The molecule has 6 aromatic carbocycles. The molecule has 4 aromatic heterocycles. The fraction of sp³-hybridized carbons (Fsp3) is 0.0930. The molecule has 1 aliphatic heterocycles. The zero-order valence-electron chi connectivity index (χ0n) is 27.4. The van der Waals surface area contributed by atoms with Gasteiger partial charge in [-0.3, -0.25) is 4.40 Å². The maximum atomic E-state index is 4.86. The van der Waals surface area contributed by atoms with E-state index in [-0.39, 0.29) is 0 Å². The summed E-state index contributed by atoms with van der Waals surface area (Å²) in [7, 11) is 0. The summed E-state index contributed by atoms with van der Waals surface area (Å²) in [5, 5.41) is 6.21. The Bertz CT molecular complexity index is 3010. The average Bonchev–Trinajstić information content (AvgIpc) is 3.84. The molecule has 0 N–H and O–H groups in total. The van der Waals surface area contributed by atoms with E-state index in [0.717, 1.165) is 12.3 Å². The van der Waals surface area contributed by atoms with Gasteiger partial charge in [-0.2, -0.15) is 0 Å². The molecule has 0 bridgehead atoms. The van der Waals surface area contributed by atoms with Gasteiger partial charge in [0.2, 0.25) is 0 Å². The molecular formula is C43H31N5S. The van der Waals surface area contributed by atoms with Crippen LogP contribution in [0.3, 0.4) is 0 Å². The molecule has 0 fully saturated rings. The number of anilines is 4. The van der Waals surface area contributed by atoms with Crippen LogP contribution in [0.2, 0.25) is 0 Å². The topological polar surface area (TPSA) is 28.2 Å². The number of hydrogen-bond donors (Lipinski definition) is 0. The highest BCUT2D eigenvalue weighted by atomic mass is 32.1. The number of aryl methyl sites for hydroxylation is 3.